The molecule has 0 radical (unpaired) electrons. The molecule has 8 heteroatoms. The quantitative estimate of drug-likeness (QED) is 0.214. The Balaban J connectivity index is 1.42. The number of H-pyrrole nitrogens is 1. The molecule has 41 heavy (non-hydrogen) atoms. The van der Waals surface area contributed by atoms with Gasteiger partial charge in [0.25, 0.3) is 0 Å². The van der Waals surface area contributed by atoms with E-state index in [1.165, 1.54) is 0 Å². The van der Waals surface area contributed by atoms with Gasteiger partial charge in [-0.1, -0.05) is 111 Å². The number of carbonyl (C=O) groups excluding carboxylic acids is 2. The van der Waals surface area contributed by atoms with Gasteiger partial charge in [0.05, 0.1) is 0 Å². The number of nitrogens with one attached hydrogen (secondary N) is 1. The first-order chi connectivity index (χ1) is 20.1. The molecule has 3 aromatic carbocycles. The van der Waals surface area contributed by atoms with Gasteiger partial charge >= 0.3 is 5.97 Å². The first-order valence-corrected chi connectivity index (χ1v) is 14.5. The topological polar surface area (TPSA) is 101 Å². The van der Waals surface area contributed by atoms with Crippen LogP contribution in [-0.4, -0.2) is 42.9 Å². The molecule has 1 aromatic heterocycles. The predicted molar refractivity (Wildman–Crippen MR) is 157 cm³/mol. The molecular formula is C33H37N5O3. The Morgan fingerprint density at radius 3 is 2.27 bits per heavy atom. The van der Waals surface area contributed by atoms with Crippen LogP contribution in [0.25, 0.3) is 22.5 Å². The Kier molecular flexibility index (Phi) is 9.19. The SMILES string of the molecule is CCCCC(=O)N(Cc1ccc(-c2ccccc2-c2nnn[nH]2)cc1)C1(C(=O)OCc2ccccc2)CCCCC1. The average Bonchev–Trinajstić information content (AvgIpc) is 3.57. The normalized spacial score (nSPS) is 14.4. The summed E-state index contributed by atoms with van der Waals surface area (Å²) in [5, 5.41) is 14.4. The van der Waals surface area contributed by atoms with Crippen molar-refractivity contribution in [1.82, 2.24) is 25.5 Å². The second-order valence-corrected chi connectivity index (χ2v) is 10.7. The number of carbonyl (C=O) groups is 2. The van der Waals surface area contributed by atoms with Gasteiger partial charge in [-0.2, -0.15) is 0 Å². The Labute approximate surface area is 241 Å². The van der Waals surface area contributed by atoms with E-state index >= 15 is 0 Å². The van der Waals surface area contributed by atoms with Gasteiger partial charge < -0.3 is 9.64 Å². The van der Waals surface area contributed by atoms with Crippen LogP contribution in [0, 0.1) is 0 Å². The molecule has 0 spiro atoms. The molecule has 0 saturated heterocycles. The summed E-state index contributed by atoms with van der Waals surface area (Å²) in [5.41, 5.74) is 3.87. The number of benzene rings is 3. The zero-order valence-electron chi connectivity index (χ0n) is 23.6. The third-order valence-corrected chi connectivity index (χ3v) is 7.97. The molecule has 0 unspecified atom stereocenters. The summed E-state index contributed by atoms with van der Waals surface area (Å²) in [7, 11) is 0. The first-order valence-electron chi connectivity index (χ1n) is 14.5. The number of ether oxygens (including phenoxy) is 1. The van der Waals surface area contributed by atoms with Gasteiger partial charge in [0.1, 0.15) is 12.1 Å². The van der Waals surface area contributed by atoms with Crippen molar-refractivity contribution in [2.45, 2.75) is 77.0 Å². The van der Waals surface area contributed by atoms with Crippen molar-refractivity contribution in [3.05, 3.63) is 90.0 Å². The summed E-state index contributed by atoms with van der Waals surface area (Å²) >= 11 is 0. The van der Waals surface area contributed by atoms with Gasteiger partial charge in [-0.25, -0.2) is 9.89 Å². The summed E-state index contributed by atoms with van der Waals surface area (Å²) in [4.78, 5) is 29.4. The van der Waals surface area contributed by atoms with E-state index in [2.05, 4.69) is 27.5 Å². The average molecular weight is 552 g/mol. The van der Waals surface area contributed by atoms with Crippen LogP contribution in [0.3, 0.4) is 0 Å². The molecule has 1 aliphatic rings. The highest BCUT2D eigenvalue weighted by Crippen LogP contribution is 2.38. The van der Waals surface area contributed by atoms with Crippen LogP contribution in [0.2, 0.25) is 0 Å². The monoisotopic (exact) mass is 551 g/mol. The molecule has 4 aromatic rings. The van der Waals surface area contributed by atoms with Crippen LogP contribution < -0.4 is 0 Å². The number of hydrogen-bond acceptors (Lipinski definition) is 6. The van der Waals surface area contributed by atoms with Gasteiger partial charge in [0.2, 0.25) is 5.91 Å². The molecule has 8 nitrogen and oxygen atoms in total. The number of tetrazole rings is 1. The van der Waals surface area contributed by atoms with Crippen LogP contribution in [0.4, 0.5) is 0 Å². The number of hydrogen-bond donors (Lipinski definition) is 1. The second-order valence-electron chi connectivity index (χ2n) is 10.7. The summed E-state index contributed by atoms with van der Waals surface area (Å²) in [6.07, 6.45) is 6.20. The summed E-state index contributed by atoms with van der Waals surface area (Å²) in [6, 6.07) is 25.8. The Morgan fingerprint density at radius 1 is 0.878 bits per heavy atom. The highest BCUT2D eigenvalue weighted by atomic mass is 16.5. The van der Waals surface area contributed by atoms with Gasteiger partial charge in [0.15, 0.2) is 5.82 Å². The Morgan fingerprint density at radius 2 is 1.59 bits per heavy atom. The number of rotatable bonds is 11. The van der Waals surface area contributed by atoms with Crippen LogP contribution in [0.5, 0.6) is 0 Å². The summed E-state index contributed by atoms with van der Waals surface area (Å²) < 4.78 is 5.92. The molecule has 1 aliphatic carbocycles. The second kappa shape index (κ2) is 13.4. The van der Waals surface area contributed by atoms with Crippen molar-refractivity contribution >= 4 is 11.9 Å². The Bertz CT molecular complexity index is 1420. The lowest BCUT2D eigenvalue weighted by molar-refractivity contribution is -0.169. The smallest absolute Gasteiger partial charge is 0.332 e. The first kappa shape index (κ1) is 28.2. The highest BCUT2D eigenvalue weighted by Gasteiger charge is 2.48. The van der Waals surface area contributed by atoms with E-state index in [9.17, 15) is 9.59 Å². The zero-order chi connectivity index (χ0) is 28.5. The van der Waals surface area contributed by atoms with Gasteiger partial charge in [-0.05, 0) is 51.9 Å². The number of aromatic amines is 1. The van der Waals surface area contributed by atoms with Gasteiger partial charge in [-0.3, -0.25) is 4.79 Å². The molecule has 0 aliphatic heterocycles. The van der Waals surface area contributed by atoms with Crippen molar-refractivity contribution in [2.75, 3.05) is 0 Å². The molecule has 1 saturated carbocycles. The minimum absolute atomic E-state index is 0.0117. The molecule has 5 rings (SSSR count). The standard InChI is InChI=1S/C33H37N5O3/c1-2-3-16-30(39)38(33(21-10-5-11-22-33)32(40)41-24-26-12-6-4-7-13-26)23-25-17-19-27(20-18-25)28-14-8-9-15-29(28)31-34-36-37-35-31/h4,6-9,12-15,17-20H,2-3,5,10-11,16,21-24H2,1H3,(H,34,35,36,37). The van der Waals surface area contributed by atoms with E-state index in [-0.39, 0.29) is 18.5 Å². The van der Waals surface area contributed by atoms with Crippen molar-refractivity contribution in [2.24, 2.45) is 0 Å². The lowest BCUT2D eigenvalue weighted by Crippen LogP contribution is -2.58. The highest BCUT2D eigenvalue weighted by molar-refractivity contribution is 5.88. The predicted octanol–water partition coefficient (Wildman–Crippen LogP) is 6.50. The number of nitrogens with zero attached hydrogens (tertiary/aromatic N) is 4. The summed E-state index contributed by atoms with van der Waals surface area (Å²) in [6.45, 7) is 2.64. The molecule has 1 fully saturated rings. The van der Waals surface area contributed by atoms with E-state index in [1.54, 1.807) is 0 Å². The van der Waals surface area contributed by atoms with E-state index in [0.29, 0.717) is 31.6 Å². The number of amides is 1. The molecule has 212 valence electrons. The van der Waals surface area contributed by atoms with Crippen molar-refractivity contribution in [1.29, 1.82) is 0 Å². The van der Waals surface area contributed by atoms with E-state index in [0.717, 1.165) is 59.9 Å². The summed E-state index contributed by atoms with van der Waals surface area (Å²) in [5.74, 6) is 0.320. The minimum Gasteiger partial charge on any atom is -0.459 e. The van der Waals surface area contributed by atoms with Crippen LogP contribution >= 0.6 is 0 Å². The minimum atomic E-state index is -0.956. The third kappa shape index (κ3) is 6.53. The molecule has 1 amide bonds. The van der Waals surface area contributed by atoms with Crippen molar-refractivity contribution in [3.8, 4) is 22.5 Å². The number of unbranched alkanes of at least 4 members (excludes halogenated alkanes) is 1. The van der Waals surface area contributed by atoms with Gasteiger partial charge in [0, 0.05) is 18.5 Å². The van der Waals surface area contributed by atoms with Crippen LogP contribution in [0.15, 0.2) is 78.9 Å². The maximum Gasteiger partial charge on any atom is 0.332 e. The van der Waals surface area contributed by atoms with E-state index in [4.69, 9.17) is 4.74 Å². The largest absolute Gasteiger partial charge is 0.459 e. The lowest BCUT2D eigenvalue weighted by Gasteiger charge is -2.44. The maximum absolute atomic E-state index is 13.9. The van der Waals surface area contributed by atoms with Crippen LogP contribution in [0.1, 0.15) is 69.4 Å². The van der Waals surface area contributed by atoms with Crippen LogP contribution in [-0.2, 0) is 27.5 Å². The fourth-order valence-corrected chi connectivity index (χ4v) is 5.71. The third-order valence-electron chi connectivity index (χ3n) is 7.97. The molecular weight excluding hydrogens is 514 g/mol. The van der Waals surface area contributed by atoms with Crippen molar-refractivity contribution in [3.63, 3.8) is 0 Å². The van der Waals surface area contributed by atoms with E-state index < -0.39 is 5.54 Å². The molecule has 0 atom stereocenters. The molecule has 0 bridgehead atoms. The molecule has 1 heterocycles. The fraction of sp³-hybridized carbons (Fsp3) is 0.364. The fourth-order valence-electron chi connectivity index (χ4n) is 5.71. The van der Waals surface area contributed by atoms with E-state index in [1.807, 2.05) is 83.8 Å². The van der Waals surface area contributed by atoms with Crippen molar-refractivity contribution < 1.29 is 14.3 Å². The number of aromatic nitrogens is 4. The lowest BCUT2D eigenvalue weighted by atomic mass is 9.79. The number of esters is 1. The van der Waals surface area contributed by atoms with Gasteiger partial charge in [-0.15, -0.1) is 5.10 Å². The maximum atomic E-state index is 13.9. The zero-order valence-corrected chi connectivity index (χ0v) is 23.6. The molecule has 1 N–H and O–H groups in total. The Hall–Kier alpha value is -4.33.